The minimum atomic E-state index is -0.162. The van der Waals surface area contributed by atoms with Crippen LogP contribution in [0.1, 0.15) is 58.9 Å². The van der Waals surface area contributed by atoms with Gasteiger partial charge in [-0.3, -0.25) is 4.79 Å². The molecule has 0 N–H and O–H groups in total. The molecule has 2 nitrogen and oxygen atoms in total. The molecule has 2 unspecified atom stereocenters. The van der Waals surface area contributed by atoms with Crippen molar-refractivity contribution in [2.45, 2.75) is 58.8 Å². The van der Waals surface area contributed by atoms with Gasteiger partial charge in [-0.1, -0.05) is 34.4 Å². The molecule has 1 aromatic rings. The molecule has 3 aliphatic carbocycles. The third-order valence-electron chi connectivity index (χ3n) is 7.11. The molecule has 1 aromatic carbocycles. The average Bonchev–Trinajstić information content (AvgIpc) is 2.85. The number of hydrogen-bond acceptors (Lipinski definition) is 2. The normalized spacial score (nSPS) is 28.5. The van der Waals surface area contributed by atoms with E-state index in [-0.39, 0.29) is 11.3 Å². The number of ether oxygens (including phenoxy) is 1. The van der Waals surface area contributed by atoms with Crippen molar-refractivity contribution in [3.8, 4) is 5.75 Å². The van der Waals surface area contributed by atoms with Gasteiger partial charge in [0.1, 0.15) is 5.75 Å². The van der Waals surface area contributed by atoms with E-state index in [1.807, 2.05) is 12.1 Å². The highest BCUT2D eigenvalue weighted by Crippen LogP contribution is 2.59. The lowest BCUT2D eigenvalue weighted by atomic mass is 9.59. The molecule has 0 heterocycles. The predicted octanol–water partition coefficient (Wildman–Crippen LogP) is 5.69. The van der Waals surface area contributed by atoms with Crippen LogP contribution in [-0.4, -0.2) is 12.9 Å². The van der Waals surface area contributed by atoms with Crippen LogP contribution < -0.4 is 4.74 Å². The predicted molar refractivity (Wildman–Crippen MR) is 105 cm³/mol. The Morgan fingerprint density at radius 1 is 0.923 bits per heavy atom. The first-order valence-corrected chi connectivity index (χ1v) is 9.60. The van der Waals surface area contributed by atoms with Gasteiger partial charge in [0.2, 0.25) is 0 Å². The number of hydrogen-bond donors (Lipinski definition) is 0. The minimum Gasteiger partial charge on any atom is -0.497 e. The molecule has 3 aliphatic rings. The van der Waals surface area contributed by atoms with E-state index in [0.29, 0.717) is 5.78 Å². The zero-order chi connectivity index (χ0) is 18.6. The maximum absolute atomic E-state index is 13.5. The molecule has 0 aromatic heterocycles. The zero-order valence-electron chi connectivity index (χ0n) is 16.5. The van der Waals surface area contributed by atoms with Gasteiger partial charge in [0, 0.05) is 11.3 Å². The number of Topliss-reactive ketones (excluding diaryl/α,β-unsaturated/α-hetero) is 1. The SMILES string of the molecule is COc1ccc(C23CC(C)=C(C)CC2C(=O)C2=C3CC(C)=C(C)C2)cc1. The Morgan fingerprint density at radius 2 is 1.58 bits per heavy atom. The van der Waals surface area contributed by atoms with Crippen molar-refractivity contribution in [1.82, 2.24) is 0 Å². The Kier molecular flexibility index (Phi) is 3.98. The number of carbonyl (C=O) groups is 1. The molecule has 0 saturated heterocycles. The second kappa shape index (κ2) is 5.97. The lowest BCUT2D eigenvalue weighted by Gasteiger charge is -2.43. The van der Waals surface area contributed by atoms with Gasteiger partial charge in [-0.25, -0.2) is 0 Å². The summed E-state index contributed by atoms with van der Waals surface area (Å²) < 4.78 is 5.37. The van der Waals surface area contributed by atoms with Crippen molar-refractivity contribution < 1.29 is 9.53 Å². The molecule has 0 bridgehead atoms. The van der Waals surface area contributed by atoms with E-state index in [0.717, 1.165) is 37.0 Å². The number of ketones is 1. The summed E-state index contributed by atoms with van der Waals surface area (Å²) in [7, 11) is 1.70. The van der Waals surface area contributed by atoms with E-state index in [1.165, 1.54) is 33.4 Å². The van der Waals surface area contributed by atoms with Gasteiger partial charge in [0.05, 0.1) is 7.11 Å². The van der Waals surface area contributed by atoms with Gasteiger partial charge in [-0.2, -0.15) is 0 Å². The molecule has 4 rings (SSSR count). The third kappa shape index (κ3) is 2.27. The van der Waals surface area contributed by atoms with Crippen LogP contribution in [0.4, 0.5) is 0 Å². The summed E-state index contributed by atoms with van der Waals surface area (Å²) in [6, 6.07) is 8.45. The summed E-state index contributed by atoms with van der Waals surface area (Å²) in [5.74, 6) is 1.33. The number of benzene rings is 1. The molecular formula is C24H28O2. The van der Waals surface area contributed by atoms with Crippen LogP contribution >= 0.6 is 0 Å². The smallest absolute Gasteiger partial charge is 0.163 e. The Morgan fingerprint density at radius 3 is 2.23 bits per heavy atom. The fourth-order valence-electron chi connectivity index (χ4n) is 5.27. The molecule has 26 heavy (non-hydrogen) atoms. The van der Waals surface area contributed by atoms with Crippen LogP contribution in [-0.2, 0) is 10.2 Å². The number of methoxy groups -OCH3 is 1. The van der Waals surface area contributed by atoms with Crippen LogP contribution in [0.2, 0.25) is 0 Å². The highest BCUT2D eigenvalue weighted by molar-refractivity contribution is 6.04. The number of fused-ring (bicyclic) bond motifs is 2. The van der Waals surface area contributed by atoms with Gasteiger partial charge in [0.15, 0.2) is 5.78 Å². The summed E-state index contributed by atoms with van der Waals surface area (Å²) in [4.78, 5) is 13.5. The van der Waals surface area contributed by atoms with Gasteiger partial charge in [-0.15, -0.1) is 0 Å². The lowest BCUT2D eigenvalue weighted by Crippen LogP contribution is -2.39. The molecule has 0 fully saturated rings. The standard InChI is InChI=1S/C24H28O2/c1-14-10-20-21(11-15(14)2)24(18-6-8-19(26-5)9-7-18)13-17(4)16(3)12-22(24)23(20)25/h6-9,22H,10-13H2,1-5H3. The molecule has 0 radical (unpaired) electrons. The molecule has 136 valence electrons. The monoisotopic (exact) mass is 348 g/mol. The Hall–Kier alpha value is -2.09. The van der Waals surface area contributed by atoms with Gasteiger partial charge in [0.25, 0.3) is 0 Å². The second-order valence-corrected chi connectivity index (χ2v) is 8.43. The van der Waals surface area contributed by atoms with E-state index in [9.17, 15) is 4.79 Å². The van der Waals surface area contributed by atoms with Crippen LogP contribution in [0, 0.1) is 5.92 Å². The highest BCUT2D eigenvalue weighted by atomic mass is 16.5. The molecule has 0 saturated carbocycles. The van der Waals surface area contributed by atoms with Crippen LogP contribution in [0.3, 0.4) is 0 Å². The first-order valence-electron chi connectivity index (χ1n) is 9.60. The van der Waals surface area contributed by atoms with Crippen molar-refractivity contribution in [3.63, 3.8) is 0 Å². The fourth-order valence-corrected chi connectivity index (χ4v) is 5.27. The maximum atomic E-state index is 13.5. The average molecular weight is 348 g/mol. The van der Waals surface area contributed by atoms with Crippen molar-refractivity contribution in [2.75, 3.05) is 7.11 Å². The summed E-state index contributed by atoms with van der Waals surface area (Å²) in [5.41, 5.74) is 9.28. The summed E-state index contributed by atoms with van der Waals surface area (Å²) in [5, 5.41) is 0. The Bertz CT molecular complexity index is 879. The summed E-state index contributed by atoms with van der Waals surface area (Å²) >= 11 is 0. The minimum absolute atomic E-state index is 0.0586. The first kappa shape index (κ1) is 17.3. The Balaban J connectivity index is 1.92. The van der Waals surface area contributed by atoms with E-state index in [1.54, 1.807) is 7.11 Å². The van der Waals surface area contributed by atoms with Gasteiger partial charge in [-0.05, 0) is 82.2 Å². The Labute approximate surface area is 156 Å². The highest BCUT2D eigenvalue weighted by Gasteiger charge is 2.56. The van der Waals surface area contributed by atoms with Crippen LogP contribution in [0.5, 0.6) is 5.75 Å². The summed E-state index contributed by atoms with van der Waals surface area (Å²) in [6.07, 6.45) is 3.64. The van der Waals surface area contributed by atoms with Crippen molar-refractivity contribution in [2.24, 2.45) is 5.92 Å². The van der Waals surface area contributed by atoms with Crippen molar-refractivity contribution in [1.29, 1.82) is 0 Å². The third-order valence-corrected chi connectivity index (χ3v) is 7.11. The molecule has 0 amide bonds. The molecular weight excluding hydrogens is 320 g/mol. The van der Waals surface area contributed by atoms with Gasteiger partial charge >= 0.3 is 0 Å². The molecule has 2 atom stereocenters. The summed E-state index contributed by atoms with van der Waals surface area (Å²) in [6.45, 7) is 8.86. The largest absolute Gasteiger partial charge is 0.497 e. The van der Waals surface area contributed by atoms with Crippen LogP contribution in [0.25, 0.3) is 0 Å². The first-order chi connectivity index (χ1) is 12.4. The molecule has 0 aliphatic heterocycles. The van der Waals surface area contributed by atoms with Crippen LogP contribution in [0.15, 0.2) is 57.7 Å². The molecule has 0 spiro atoms. The van der Waals surface area contributed by atoms with Gasteiger partial charge < -0.3 is 4.74 Å². The van der Waals surface area contributed by atoms with Crippen molar-refractivity contribution in [3.05, 3.63) is 63.3 Å². The molecule has 2 heteroatoms. The number of carbonyl (C=O) groups excluding carboxylic acids is 1. The van der Waals surface area contributed by atoms with E-state index in [2.05, 4.69) is 39.8 Å². The fraction of sp³-hybridized carbons (Fsp3) is 0.458. The quantitative estimate of drug-likeness (QED) is 0.642. The maximum Gasteiger partial charge on any atom is 0.163 e. The number of allylic oxidation sites excluding steroid dienone is 6. The number of rotatable bonds is 2. The second-order valence-electron chi connectivity index (χ2n) is 8.43. The van der Waals surface area contributed by atoms with Crippen molar-refractivity contribution >= 4 is 5.78 Å². The van der Waals surface area contributed by atoms with E-state index < -0.39 is 0 Å². The lowest BCUT2D eigenvalue weighted by molar-refractivity contribution is -0.119. The zero-order valence-corrected chi connectivity index (χ0v) is 16.5. The topological polar surface area (TPSA) is 26.3 Å². The van der Waals surface area contributed by atoms with E-state index in [4.69, 9.17) is 4.74 Å². The van der Waals surface area contributed by atoms with E-state index >= 15 is 0 Å².